The average molecular weight is 262 g/mol. The number of anilines is 2. The van der Waals surface area contributed by atoms with Crippen LogP contribution in [0.4, 0.5) is 11.4 Å². The number of rotatable bonds is 0. The van der Waals surface area contributed by atoms with Crippen molar-refractivity contribution in [1.82, 2.24) is 0 Å². The van der Waals surface area contributed by atoms with Gasteiger partial charge in [0.25, 0.3) is 0 Å². The van der Waals surface area contributed by atoms with Crippen LogP contribution in [0.1, 0.15) is 12.0 Å². The maximum Gasteiger partial charge on any atom is 0.394 e. The van der Waals surface area contributed by atoms with E-state index in [0.29, 0.717) is 5.75 Å². The van der Waals surface area contributed by atoms with Gasteiger partial charge in [-0.3, -0.25) is 9.11 Å². The summed E-state index contributed by atoms with van der Waals surface area (Å²) in [7, 11) is -4.67. The number of aromatic hydroxyl groups is 1. The van der Waals surface area contributed by atoms with Crippen LogP contribution in [0.5, 0.6) is 5.75 Å². The molecule has 1 aromatic rings. The highest BCUT2D eigenvalue weighted by molar-refractivity contribution is 7.79. The summed E-state index contributed by atoms with van der Waals surface area (Å²) in [6, 6.07) is 3.38. The van der Waals surface area contributed by atoms with Crippen molar-refractivity contribution in [1.29, 1.82) is 0 Å². The van der Waals surface area contributed by atoms with Gasteiger partial charge in [0, 0.05) is 17.8 Å². The summed E-state index contributed by atoms with van der Waals surface area (Å²) in [5.41, 5.74) is 8.41. The van der Waals surface area contributed by atoms with Crippen molar-refractivity contribution in [2.24, 2.45) is 0 Å². The van der Waals surface area contributed by atoms with Crippen molar-refractivity contribution in [2.45, 2.75) is 12.8 Å². The smallest absolute Gasteiger partial charge is 0.394 e. The number of benzene rings is 1. The van der Waals surface area contributed by atoms with E-state index in [-0.39, 0.29) is 0 Å². The molecule has 1 heterocycles. The van der Waals surface area contributed by atoms with E-state index >= 15 is 0 Å². The molecule has 1 aromatic carbocycles. The zero-order valence-electron chi connectivity index (χ0n) is 8.92. The van der Waals surface area contributed by atoms with Gasteiger partial charge in [-0.2, -0.15) is 8.42 Å². The molecule has 96 valence electrons. The van der Waals surface area contributed by atoms with E-state index in [1.165, 1.54) is 0 Å². The molecule has 2 rings (SSSR count). The highest BCUT2D eigenvalue weighted by Crippen LogP contribution is 2.34. The van der Waals surface area contributed by atoms with Crippen LogP contribution in [0.25, 0.3) is 0 Å². The summed E-state index contributed by atoms with van der Waals surface area (Å²) >= 11 is 0. The molecule has 0 aromatic heterocycles. The quantitative estimate of drug-likeness (QED) is 0.201. The Hall–Kier alpha value is -1.51. The minimum Gasteiger partial charge on any atom is -0.506 e. The van der Waals surface area contributed by atoms with Gasteiger partial charge in [-0.25, -0.2) is 0 Å². The monoisotopic (exact) mass is 262 g/mol. The average Bonchev–Trinajstić information content (AvgIpc) is 2.22. The van der Waals surface area contributed by atoms with Gasteiger partial charge in [0.2, 0.25) is 0 Å². The van der Waals surface area contributed by atoms with Crippen LogP contribution in [0.3, 0.4) is 0 Å². The van der Waals surface area contributed by atoms with E-state index in [2.05, 4.69) is 5.32 Å². The predicted octanol–water partition coefficient (Wildman–Crippen LogP) is 0.680. The molecule has 0 amide bonds. The third-order valence-corrected chi connectivity index (χ3v) is 2.23. The Kier molecular flexibility index (Phi) is 4.16. The van der Waals surface area contributed by atoms with Crippen molar-refractivity contribution in [3.05, 3.63) is 17.7 Å². The summed E-state index contributed by atoms with van der Waals surface area (Å²) in [4.78, 5) is 0. The molecule has 1 aliphatic rings. The van der Waals surface area contributed by atoms with Gasteiger partial charge in [0.05, 0.1) is 5.69 Å². The van der Waals surface area contributed by atoms with Gasteiger partial charge in [-0.1, -0.05) is 0 Å². The van der Waals surface area contributed by atoms with Crippen molar-refractivity contribution >= 4 is 21.8 Å². The molecule has 0 saturated heterocycles. The fourth-order valence-electron chi connectivity index (χ4n) is 1.60. The molecule has 17 heavy (non-hydrogen) atoms. The molecule has 0 fully saturated rings. The van der Waals surface area contributed by atoms with Gasteiger partial charge < -0.3 is 16.2 Å². The Bertz CT molecular complexity index is 461. The first-order chi connectivity index (χ1) is 7.79. The summed E-state index contributed by atoms with van der Waals surface area (Å²) in [5.74, 6) is 0.305. The molecule has 0 saturated carbocycles. The first-order valence-corrected chi connectivity index (χ1v) is 6.23. The molecule has 0 atom stereocenters. The third kappa shape index (κ3) is 4.47. The number of phenolic OH excluding ortho intramolecular Hbond substituents is 1. The maximum absolute atomic E-state index is 9.46. The summed E-state index contributed by atoms with van der Waals surface area (Å²) in [5, 5.41) is 12.6. The number of phenols is 1. The molecule has 0 unspecified atom stereocenters. The first kappa shape index (κ1) is 13.6. The van der Waals surface area contributed by atoms with Gasteiger partial charge in [-0.15, -0.1) is 0 Å². The minimum atomic E-state index is -4.67. The molecule has 0 spiro atoms. The molecule has 0 radical (unpaired) electrons. The van der Waals surface area contributed by atoms with Crippen LogP contribution < -0.4 is 11.1 Å². The van der Waals surface area contributed by atoms with Crippen molar-refractivity contribution in [2.75, 3.05) is 17.6 Å². The van der Waals surface area contributed by atoms with Crippen LogP contribution in [0.15, 0.2) is 12.1 Å². The summed E-state index contributed by atoms with van der Waals surface area (Å²) in [6.07, 6.45) is 2.04. The number of nitrogens with one attached hydrogen (secondary N) is 1. The fourth-order valence-corrected chi connectivity index (χ4v) is 1.60. The van der Waals surface area contributed by atoms with Gasteiger partial charge in [0.1, 0.15) is 5.75 Å². The van der Waals surface area contributed by atoms with E-state index in [1.54, 1.807) is 12.1 Å². The Labute approximate surface area is 98.8 Å². The Balaban J connectivity index is 0.000000249. The first-order valence-electron chi connectivity index (χ1n) is 4.83. The van der Waals surface area contributed by atoms with E-state index in [9.17, 15) is 5.11 Å². The lowest BCUT2D eigenvalue weighted by molar-refractivity contribution is 0.381. The molecular formula is C9H14N2O5S. The Morgan fingerprint density at radius 1 is 1.29 bits per heavy atom. The number of hydrogen-bond acceptors (Lipinski definition) is 5. The zero-order chi connectivity index (χ0) is 13.1. The lowest BCUT2D eigenvalue weighted by Crippen LogP contribution is -2.13. The molecule has 0 bridgehead atoms. The second-order valence-electron chi connectivity index (χ2n) is 3.51. The lowest BCUT2D eigenvalue weighted by Gasteiger charge is -2.20. The molecule has 6 N–H and O–H groups in total. The molecule has 0 aliphatic carbocycles. The highest BCUT2D eigenvalue weighted by Gasteiger charge is 2.14. The SMILES string of the molecule is Nc1ccc(O)c2c1CCCN2.O=S(=O)(O)O. The molecule has 7 nitrogen and oxygen atoms in total. The lowest BCUT2D eigenvalue weighted by atomic mass is 10.0. The second-order valence-corrected chi connectivity index (χ2v) is 4.40. The molecule has 1 aliphatic heterocycles. The number of hydrogen-bond donors (Lipinski definition) is 5. The van der Waals surface area contributed by atoms with Crippen LogP contribution in [-0.4, -0.2) is 29.2 Å². The van der Waals surface area contributed by atoms with E-state index < -0.39 is 10.4 Å². The van der Waals surface area contributed by atoms with Crippen molar-refractivity contribution < 1.29 is 22.6 Å². The van der Waals surface area contributed by atoms with Crippen LogP contribution in [-0.2, 0) is 16.8 Å². The fraction of sp³-hybridized carbons (Fsp3) is 0.333. The standard InChI is InChI=1S/C9H12N2O.H2O4S/c10-7-3-4-8(12)9-6(7)2-1-5-11-9;1-5(2,3)4/h3-4,11-12H,1-2,5,10H2;(H2,1,2,3,4). The molecule has 8 heteroatoms. The van der Waals surface area contributed by atoms with E-state index in [1.807, 2.05) is 0 Å². The maximum atomic E-state index is 9.46. The Morgan fingerprint density at radius 3 is 2.41 bits per heavy atom. The third-order valence-electron chi connectivity index (χ3n) is 2.23. The Morgan fingerprint density at radius 2 is 1.88 bits per heavy atom. The summed E-state index contributed by atoms with van der Waals surface area (Å²) in [6.45, 7) is 0.921. The number of fused-ring (bicyclic) bond motifs is 1. The van der Waals surface area contributed by atoms with Gasteiger partial charge in [-0.05, 0) is 25.0 Å². The number of nitrogen functional groups attached to an aromatic ring is 1. The molecular weight excluding hydrogens is 248 g/mol. The van der Waals surface area contributed by atoms with Crippen molar-refractivity contribution in [3.63, 3.8) is 0 Å². The number of nitrogens with two attached hydrogens (primary N) is 1. The van der Waals surface area contributed by atoms with E-state index in [4.69, 9.17) is 23.3 Å². The normalized spacial score (nSPS) is 14.0. The highest BCUT2D eigenvalue weighted by atomic mass is 32.3. The van der Waals surface area contributed by atoms with Crippen LogP contribution in [0, 0.1) is 0 Å². The topological polar surface area (TPSA) is 133 Å². The van der Waals surface area contributed by atoms with Gasteiger partial charge in [0.15, 0.2) is 0 Å². The van der Waals surface area contributed by atoms with E-state index in [0.717, 1.165) is 36.3 Å². The summed E-state index contributed by atoms with van der Waals surface area (Å²) < 4.78 is 31.6. The predicted molar refractivity (Wildman–Crippen MR) is 63.5 cm³/mol. The van der Waals surface area contributed by atoms with Crippen molar-refractivity contribution in [3.8, 4) is 5.75 Å². The second kappa shape index (κ2) is 5.21. The minimum absolute atomic E-state index is 0.305. The van der Waals surface area contributed by atoms with Gasteiger partial charge >= 0.3 is 10.4 Å². The largest absolute Gasteiger partial charge is 0.506 e. The van der Waals surface area contributed by atoms with Crippen LogP contribution >= 0.6 is 0 Å². The van der Waals surface area contributed by atoms with Crippen LogP contribution in [0.2, 0.25) is 0 Å². The zero-order valence-corrected chi connectivity index (χ0v) is 9.74.